The van der Waals surface area contributed by atoms with E-state index in [1.54, 1.807) is 35.8 Å². The minimum atomic E-state index is -3.77. The fourth-order valence-corrected chi connectivity index (χ4v) is 3.81. The lowest BCUT2D eigenvalue weighted by atomic mass is 10.1. The maximum atomic E-state index is 12.7. The van der Waals surface area contributed by atoms with Crippen LogP contribution in [-0.4, -0.2) is 57.0 Å². The van der Waals surface area contributed by atoms with Crippen molar-refractivity contribution in [2.75, 3.05) is 24.3 Å². The molecule has 1 aromatic heterocycles. The third-order valence-electron chi connectivity index (χ3n) is 4.24. The average Bonchev–Trinajstić information content (AvgIpc) is 3.01. The number of para-hydroxylation sites is 1. The second-order valence-electron chi connectivity index (χ2n) is 6.11. The number of nitrogens with one attached hydrogen (secondary N) is 2. The molecule has 0 spiro atoms. The van der Waals surface area contributed by atoms with Crippen molar-refractivity contribution in [3.8, 4) is 0 Å². The molecule has 0 aliphatic carbocycles. The second kappa shape index (κ2) is 9.01. The van der Waals surface area contributed by atoms with E-state index in [4.69, 9.17) is 19.0 Å². The number of aromatic nitrogens is 2. The molecule has 2 heterocycles. The highest BCUT2D eigenvalue weighted by Gasteiger charge is 2.45. The molecule has 0 amide bonds. The molecule has 3 rings (SSSR count). The van der Waals surface area contributed by atoms with Crippen LogP contribution in [0.15, 0.2) is 47.4 Å². The molecule has 0 saturated carbocycles. The Morgan fingerprint density at radius 1 is 1.24 bits per heavy atom. The third kappa shape index (κ3) is 4.82. The molecule has 3 unspecified atom stereocenters. The van der Waals surface area contributed by atoms with Gasteiger partial charge in [-0.05, 0) is 18.2 Å². The number of aliphatic hydroxyl groups is 2. The molecule has 12 nitrogen and oxygen atoms in total. The predicted molar refractivity (Wildman–Crippen MR) is 100 cm³/mol. The van der Waals surface area contributed by atoms with Crippen LogP contribution < -0.4 is 16.3 Å². The van der Waals surface area contributed by atoms with E-state index in [9.17, 15) is 19.6 Å². The fraction of sp³-hybridized carbons (Fsp3) is 0.375. The van der Waals surface area contributed by atoms with Gasteiger partial charge in [-0.3, -0.25) is 29.4 Å². The minimum absolute atomic E-state index is 0.0906. The molecule has 2 aromatic rings. The highest BCUT2D eigenvalue weighted by atomic mass is 31.2. The summed E-state index contributed by atoms with van der Waals surface area (Å²) in [6, 6.07) is 9.86. The molecule has 1 aromatic carbocycles. The third-order valence-corrected chi connectivity index (χ3v) is 5.75. The number of nitrogens with zero attached hydrogens (tertiary/aromatic N) is 2. The molecule has 29 heavy (non-hydrogen) atoms. The number of hydrogen-bond acceptors (Lipinski definition) is 10. The van der Waals surface area contributed by atoms with E-state index in [1.807, 2.05) is 0 Å². The minimum Gasteiger partial charge on any atom is -0.387 e. The summed E-state index contributed by atoms with van der Waals surface area (Å²) in [7, 11) is -2.58. The van der Waals surface area contributed by atoms with Crippen molar-refractivity contribution in [1.82, 2.24) is 9.55 Å². The van der Waals surface area contributed by atoms with Crippen molar-refractivity contribution in [2.45, 2.75) is 24.5 Å². The van der Waals surface area contributed by atoms with Crippen molar-refractivity contribution in [1.29, 1.82) is 0 Å². The summed E-state index contributed by atoms with van der Waals surface area (Å²) >= 11 is 0. The summed E-state index contributed by atoms with van der Waals surface area (Å²) in [5, 5.41) is 31.9. The number of benzene rings is 1. The molecule has 13 heteroatoms. The van der Waals surface area contributed by atoms with E-state index in [0.717, 1.165) is 4.57 Å². The molecule has 1 aliphatic rings. The first kappa shape index (κ1) is 21.4. The van der Waals surface area contributed by atoms with Gasteiger partial charge >= 0.3 is 13.4 Å². The van der Waals surface area contributed by atoms with E-state index in [0.29, 0.717) is 5.69 Å². The standard InChI is InChI=1S/C16H21N4O8P/c1-26-29(25,19-10-5-3-2-4-6-10)27-9-11-13(21)14(22)15(28-11)20-8-7-12(18-24)17-16(20)23/h2-8,11,13-15,21-22,24H,9H2,1H3,(H,19,25)(H,17,18,23)/t11?,13-,14-,15?,29?/m1/s1. The average molecular weight is 428 g/mol. The Kier molecular flexibility index (Phi) is 6.65. The summed E-state index contributed by atoms with van der Waals surface area (Å²) in [5.74, 6) is -0.0906. The van der Waals surface area contributed by atoms with Gasteiger partial charge < -0.3 is 14.9 Å². The van der Waals surface area contributed by atoms with Crippen molar-refractivity contribution in [3.63, 3.8) is 0 Å². The number of ether oxygens (including phenoxy) is 1. The van der Waals surface area contributed by atoms with Crippen LogP contribution in [0.5, 0.6) is 0 Å². The van der Waals surface area contributed by atoms with Crippen LogP contribution in [-0.2, 0) is 18.3 Å². The Morgan fingerprint density at radius 3 is 2.59 bits per heavy atom. The van der Waals surface area contributed by atoms with Gasteiger partial charge in [0.25, 0.3) is 0 Å². The number of rotatable bonds is 8. The summed E-state index contributed by atoms with van der Waals surface area (Å²) < 4.78 is 29.5. The molecule has 158 valence electrons. The SMILES string of the molecule is COP(=O)(Nc1ccccc1)OCC1OC(n2ccc(NO)nc2=O)[C@H](O)[C@@H]1O. The normalized spacial score (nSPS) is 26.1. The Labute approximate surface area is 165 Å². The van der Waals surface area contributed by atoms with Crippen LogP contribution in [0.1, 0.15) is 6.23 Å². The lowest BCUT2D eigenvalue weighted by Crippen LogP contribution is -2.36. The summed E-state index contributed by atoms with van der Waals surface area (Å²) in [4.78, 5) is 15.6. The van der Waals surface area contributed by atoms with E-state index in [1.165, 1.54) is 19.4 Å². The van der Waals surface area contributed by atoms with E-state index in [2.05, 4.69) is 10.1 Å². The fourth-order valence-electron chi connectivity index (χ4n) is 2.74. The predicted octanol–water partition coefficient (Wildman–Crippen LogP) is 0.547. The highest BCUT2D eigenvalue weighted by molar-refractivity contribution is 7.55. The van der Waals surface area contributed by atoms with Gasteiger partial charge in [-0.15, -0.1) is 0 Å². The molecule has 1 aliphatic heterocycles. The quantitative estimate of drug-likeness (QED) is 0.294. The summed E-state index contributed by atoms with van der Waals surface area (Å²) in [6.45, 7) is -0.391. The van der Waals surface area contributed by atoms with Gasteiger partial charge in [-0.1, -0.05) is 18.2 Å². The molecular formula is C16H21N4O8P. The zero-order chi connectivity index (χ0) is 21.0. The maximum Gasteiger partial charge on any atom is 0.432 e. The van der Waals surface area contributed by atoms with Crippen LogP contribution in [0.3, 0.4) is 0 Å². The zero-order valence-corrected chi connectivity index (χ0v) is 16.2. The van der Waals surface area contributed by atoms with Crippen LogP contribution >= 0.6 is 7.75 Å². The monoisotopic (exact) mass is 428 g/mol. The number of aliphatic hydroxyl groups excluding tert-OH is 2. The number of hydrogen-bond donors (Lipinski definition) is 5. The first-order valence-corrected chi connectivity index (χ1v) is 10.1. The van der Waals surface area contributed by atoms with Crippen LogP contribution in [0.25, 0.3) is 0 Å². The summed E-state index contributed by atoms with van der Waals surface area (Å²) in [6.07, 6.45) is -4.02. The zero-order valence-electron chi connectivity index (χ0n) is 15.3. The van der Waals surface area contributed by atoms with Gasteiger partial charge in [0, 0.05) is 19.0 Å². The molecule has 0 radical (unpaired) electrons. The molecule has 5 N–H and O–H groups in total. The summed E-state index contributed by atoms with van der Waals surface area (Å²) in [5.41, 5.74) is 1.40. The van der Waals surface area contributed by atoms with Crippen LogP contribution in [0.2, 0.25) is 0 Å². The Bertz CT molecular complexity index is 927. The van der Waals surface area contributed by atoms with Gasteiger partial charge in [-0.2, -0.15) is 4.98 Å². The first-order valence-electron chi connectivity index (χ1n) is 8.51. The van der Waals surface area contributed by atoms with E-state index in [-0.39, 0.29) is 5.82 Å². The molecule has 1 saturated heterocycles. The van der Waals surface area contributed by atoms with Crippen molar-refractivity contribution < 1.29 is 33.8 Å². The Hall–Kier alpha value is -2.31. The van der Waals surface area contributed by atoms with Gasteiger partial charge in [0.05, 0.1) is 6.61 Å². The lowest BCUT2D eigenvalue weighted by molar-refractivity contribution is -0.0526. The molecule has 1 fully saturated rings. The van der Waals surface area contributed by atoms with Crippen molar-refractivity contribution >= 4 is 19.3 Å². The van der Waals surface area contributed by atoms with Crippen molar-refractivity contribution in [3.05, 3.63) is 53.1 Å². The van der Waals surface area contributed by atoms with Gasteiger partial charge in [0.2, 0.25) is 0 Å². The van der Waals surface area contributed by atoms with Crippen LogP contribution in [0.4, 0.5) is 11.5 Å². The van der Waals surface area contributed by atoms with E-state index < -0.39 is 44.6 Å². The maximum absolute atomic E-state index is 12.7. The molecular weight excluding hydrogens is 407 g/mol. The number of anilines is 2. The smallest absolute Gasteiger partial charge is 0.387 e. The van der Waals surface area contributed by atoms with Gasteiger partial charge in [0.1, 0.15) is 18.3 Å². The lowest BCUT2D eigenvalue weighted by Gasteiger charge is -2.21. The highest BCUT2D eigenvalue weighted by Crippen LogP contribution is 2.47. The molecule has 0 bridgehead atoms. The topological polar surface area (TPSA) is 164 Å². The van der Waals surface area contributed by atoms with E-state index >= 15 is 0 Å². The largest absolute Gasteiger partial charge is 0.432 e. The van der Waals surface area contributed by atoms with Crippen molar-refractivity contribution in [2.24, 2.45) is 0 Å². The Morgan fingerprint density at radius 2 is 1.97 bits per heavy atom. The second-order valence-corrected chi connectivity index (χ2v) is 7.96. The Balaban J connectivity index is 1.68. The molecule has 5 atom stereocenters. The van der Waals surface area contributed by atoms with Gasteiger partial charge in [-0.25, -0.2) is 9.36 Å². The first-order chi connectivity index (χ1) is 13.9. The van der Waals surface area contributed by atoms with Gasteiger partial charge in [0.15, 0.2) is 12.0 Å². The van der Waals surface area contributed by atoms with Crippen LogP contribution in [0, 0.1) is 0 Å².